The molecular weight excluding hydrogens is 198 g/mol. The van der Waals surface area contributed by atoms with Crippen molar-refractivity contribution in [2.24, 2.45) is 0 Å². The van der Waals surface area contributed by atoms with Crippen LogP contribution in [0.4, 0.5) is 0 Å². The third kappa shape index (κ3) is 3.42. The third-order valence-electron chi connectivity index (χ3n) is 2.57. The Morgan fingerprint density at radius 1 is 1.36 bits per heavy atom. The van der Waals surface area contributed by atoms with Crippen molar-refractivity contribution in [3.05, 3.63) is 0 Å². The highest BCUT2D eigenvalue weighted by molar-refractivity contribution is 8.00. The molecule has 1 aliphatic rings. The Kier molecular flexibility index (Phi) is 5.23. The molecule has 3 atom stereocenters. The first-order valence-electron chi connectivity index (χ1n) is 5.10. The number of hydrogen-bond donors (Lipinski definition) is 1. The Morgan fingerprint density at radius 3 is 2.43 bits per heavy atom. The summed E-state index contributed by atoms with van der Waals surface area (Å²) in [5.74, 6) is 1.20. The lowest BCUT2D eigenvalue weighted by Gasteiger charge is -2.25. The average molecular weight is 219 g/mol. The maximum atomic E-state index is 5.21. The molecule has 3 nitrogen and oxygen atoms in total. The van der Waals surface area contributed by atoms with E-state index in [9.17, 15) is 0 Å². The lowest BCUT2D eigenvalue weighted by molar-refractivity contribution is -0.120. The Labute approximate surface area is 90.9 Å². The van der Waals surface area contributed by atoms with E-state index >= 15 is 0 Å². The third-order valence-corrected chi connectivity index (χ3v) is 3.93. The van der Waals surface area contributed by atoms with Gasteiger partial charge in [-0.2, -0.15) is 11.8 Å². The molecule has 1 fully saturated rings. The first kappa shape index (κ1) is 12.3. The van der Waals surface area contributed by atoms with Crippen LogP contribution < -0.4 is 5.32 Å². The minimum Gasteiger partial charge on any atom is -0.354 e. The molecule has 0 saturated carbocycles. The molecule has 1 aliphatic heterocycles. The number of rotatable bonds is 5. The van der Waals surface area contributed by atoms with Gasteiger partial charge in [-0.3, -0.25) is 0 Å². The molecule has 14 heavy (non-hydrogen) atoms. The van der Waals surface area contributed by atoms with Gasteiger partial charge in [0.25, 0.3) is 0 Å². The van der Waals surface area contributed by atoms with Gasteiger partial charge in [-0.05, 0) is 13.3 Å². The summed E-state index contributed by atoms with van der Waals surface area (Å²) < 4.78 is 10.4. The van der Waals surface area contributed by atoms with Crippen molar-refractivity contribution in [3.8, 4) is 0 Å². The van der Waals surface area contributed by atoms with Gasteiger partial charge in [0.1, 0.15) is 0 Å². The molecule has 1 saturated heterocycles. The van der Waals surface area contributed by atoms with E-state index in [1.165, 1.54) is 12.2 Å². The molecule has 1 heterocycles. The fourth-order valence-electron chi connectivity index (χ4n) is 1.89. The monoisotopic (exact) mass is 219 g/mol. The molecule has 0 aromatic rings. The van der Waals surface area contributed by atoms with E-state index in [2.05, 4.69) is 19.2 Å². The van der Waals surface area contributed by atoms with Crippen LogP contribution in [0.1, 0.15) is 20.3 Å². The molecule has 1 rings (SSSR count). The van der Waals surface area contributed by atoms with E-state index in [0.717, 1.165) is 5.25 Å². The molecular formula is C10H21NO2S. The van der Waals surface area contributed by atoms with Crippen molar-refractivity contribution in [1.82, 2.24) is 5.32 Å². The molecule has 0 bridgehead atoms. The molecule has 4 heteroatoms. The van der Waals surface area contributed by atoms with Gasteiger partial charge < -0.3 is 14.8 Å². The number of thioether (sulfide) groups is 1. The van der Waals surface area contributed by atoms with Crippen LogP contribution in [0.3, 0.4) is 0 Å². The molecule has 0 aromatic carbocycles. The number of nitrogens with one attached hydrogen (secondary N) is 1. The second-order valence-corrected chi connectivity index (χ2v) is 5.34. The maximum Gasteiger partial charge on any atom is 0.171 e. The minimum atomic E-state index is -0.143. The Bertz CT molecular complexity index is 164. The number of ether oxygens (including phenoxy) is 2. The summed E-state index contributed by atoms with van der Waals surface area (Å²) in [6, 6.07) is 0.860. The fraction of sp³-hybridized carbons (Fsp3) is 1.00. The quantitative estimate of drug-likeness (QED) is 0.710. The summed E-state index contributed by atoms with van der Waals surface area (Å²) in [6.45, 7) is 4.38. The SMILES string of the molecule is COC(OC)C(C)NC1CSC(C)C1. The summed E-state index contributed by atoms with van der Waals surface area (Å²) in [5, 5.41) is 4.32. The van der Waals surface area contributed by atoms with Gasteiger partial charge in [-0.25, -0.2) is 0 Å². The Hall–Kier alpha value is 0.230. The number of hydrogen-bond acceptors (Lipinski definition) is 4. The van der Waals surface area contributed by atoms with Crippen molar-refractivity contribution in [1.29, 1.82) is 0 Å². The van der Waals surface area contributed by atoms with Crippen LogP contribution in [0, 0.1) is 0 Å². The van der Waals surface area contributed by atoms with Crippen LogP contribution >= 0.6 is 11.8 Å². The van der Waals surface area contributed by atoms with E-state index in [1.807, 2.05) is 11.8 Å². The Morgan fingerprint density at radius 2 is 2.00 bits per heavy atom. The fourth-order valence-corrected chi connectivity index (χ4v) is 3.05. The van der Waals surface area contributed by atoms with Gasteiger partial charge >= 0.3 is 0 Å². The van der Waals surface area contributed by atoms with E-state index in [1.54, 1.807) is 14.2 Å². The van der Waals surface area contributed by atoms with Crippen molar-refractivity contribution >= 4 is 11.8 Å². The minimum absolute atomic E-state index is 0.143. The molecule has 84 valence electrons. The average Bonchev–Trinajstić information content (AvgIpc) is 2.53. The number of methoxy groups -OCH3 is 2. The van der Waals surface area contributed by atoms with Crippen molar-refractivity contribution in [3.63, 3.8) is 0 Å². The highest BCUT2D eigenvalue weighted by Gasteiger charge is 2.25. The first-order chi connectivity index (χ1) is 6.67. The van der Waals surface area contributed by atoms with Crippen LogP contribution in [0.25, 0.3) is 0 Å². The van der Waals surface area contributed by atoms with Gasteiger partial charge in [0, 0.05) is 31.3 Å². The standard InChI is InChI=1S/C10H21NO2S/c1-7-5-9(6-14-7)11-8(2)10(12-3)13-4/h7-11H,5-6H2,1-4H3. The van der Waals surface area contributed by atoms with E-state index in [4.69, 9.17) is 9.47 Å². The van der Waals surface area contributed by atoms with Crippen molar-refractivity contribution in [2.75, 3.05) is 20.0 Å². The summed E-state index contributed by atoms with van der Waals surface area (Å²) >= 11 is 2.03. The summed E-state index contributed by atoms with van der Waals surface area (Å²) in [6.07, 6.45) is 1.10. The van der Waals surface area contributed by atoms with Gasteiger partial charge in [0.2, 0.25) is 0 Å². The summed E-state index contributed by atoms with van der Waals surface area (Å²) in [5.41, 5.74) is 0. The van der Waals surface area contributed by atoms with E-state index in [0.29, 0.717) is 6.04 Å². The highest BCUT2D eigenvalue weighted by atomic mass is 32.2. The van der Waals surface area contributed by atoms with Crippen LogP contribution in [-0.4, -0.2) is 43.6 Å². The van der Waals surface area contributed by atoms with Crippen LogP contribution in [-0.2, 0) is 9.47 Å². The highest BCUT2D eigenvalue weighted by Crippen LogP contribution is 2.26. The molecule has 1 N–H and O–H groups in total. The second kappa shape index (κ2) is 5.95. The lowest BCUT2D eigenvalue weighted by Crippen LogP contribution is -2.45. The zero-order valence-electron chi connectivity index (χ0n) is 9.45. The predicted octanol–water partition coefficient (Wildman–Crippen LogP) is 1.48. The van der Waals surface area contributed by atoms with Crippen LogP contribution in [0.5, 0.6) is 0 Å². The lowest BCUT2D eigenvalue weighted by atomic mass is 10.1. The molecule has 0 radical (unpaired) electrons. The van der Waals surface area contributed by atoms with E-state index in [-0.39, 0.29) is 12.3 Å². The predicted molar refractivity (Wildman–Crippen MR) is 60.7 cm³/mol. The van der Waals surface area contributed by atoms with Gasteiger partial charge in [0.15, 0.2) is 6.29 Å². The molecule has 0 aromatic heterocycles. The largest absolute Gasteiger partial charge is 0.354 e. The normalized spacial score (nSPS) is 29.8. The van der Waals surface area contributed by atoms with Crippen LogP contribution in [0.15, 0.2) is 0 Å². The molecule has 0 aliphatic carbocycles. The maximum absolute atomic E-state index is 5.21. The zero-order chi connectivity index (χ0) is 10.6. The summed E-state index contributed by atoms with van der Waals surface area (Å²) in [4.78, 5) is 0. The first-order valence-corrected chi connectivity index (χ1v) is 6.15. The smallest absolute Gasteiger partial charge is 0.171 e. The molecule has 0 spiro atoms. The van der Waals surface area contributed by atoms with Gasteiger partial charge in [-0.15, -0.1) is 0 Å². The van der Waals surface area contributed by atoms with E-state index < -0.39 is 0 Å². The molecule has 3 unspecified atom stereocenters. The molecule has 0 amide bonds. The Balaban J connectivity index is 2.28. The van der Waals surface area contributed by atoms with Gasteiger partial charge in [0.05, 0.1) is 6.04 Å². The van der Waals surface area contributed by atoms with Gasteiger partial charge in [-0.1, -0.05) is 6.92 Å². The van der Waals surface area contributed by atoms with Crippen molar-refractivity contribution in [2.45, 2.75) is 43.9 Å². The zero-order valence-corrected chi connectivity index (χ0v) is 10.3. The van der Waals surface area contributed by atoms with Crippen LogP contribution in [0.2, 0.25) is 0 Å². The topological polar surface area (TPSA) is 30.5 Å². The second-order valence-electron chi connectivity index (χ2n) is 3.87. The van der Waals surface area contributed by atoms with Crippen molar-refractivity contribution < 1.29 is 9.47 Å². The summed E-state index contributed by atoms with van der Waals surface area (Å²) in [7, 11) is 3.36.